The van der Waals surface area contributed by atoms with Crippen molar-refractivity contribution in [1.29, 1.82) is 0 Å². The number of nitrogens with zero attached hydrogens (tertiary/aromatic N) is 2. The minimum absolute atomic E-state index is 0.226. The maximum Gasteiger partial charge on any atom is 0.323 e. The Morgan fingerprint density at radius 1 is 1.30 bits per heavy atom. The molecule has 0 atom stereocenters. The molecule has 0 radical (unpaired) electrons. The highest BCUT2D eigenvalue weighted by molar-refractivity contribution is 5.80. The van der Waals surface area contributed by atoms with Crippen LogP contribution in [0.15, 0.2) is 0 Å². The van der Waals surface area contributed by atoms with E-state index in [9.17, 15) is 9.59 Å². The van der Waals surface area contributed by atoms with Gasteiger partial charge in [0.1, 0.15) is 6.54 Å². The molecule has 7 heteroatoms. The van der Waals surface area contributed by atoms with Gasteiger partial charge in [0.2, 0.25) is 0 Å². The van der Waals surface area contributed by atoms with Crippen molar-refractivity contribution in [3.63, 3.8) is 0 Å². The van der Waals surface area contributed by atoms with Crippen molar-refractivity contribution in [2.24, 2.45) is 5.92 Å². The minimum atomic E-state index is -1.00. The smallest absolute Gasteiger partial charge is 0.323 e. The zero-order valence-electron chi connectivity index (χ0n) is 12.9. The number of likely N-dealkylation sites (N-methyl/N-ethyl adjacent to an activating group) is 1. The standard InChI is InChI=1S/C13H27N3O4/c1-11(2)9-16(10-12(17)18)13(19)14-5-6-15(3)7-8-20-4/h11H,5-10H2,1-4H3,(H,14,19)(H,17,18). The Hall–Kier alpha value is -1.34. The van der Waals surface area contributed by atoms with Crippen molar-refractivity contribution in [1.82, 2.24) is 15.1 Å². The Balaban J connectivity index is 4.08. The second-order valence-corrected chi connectivity index (χ2v) is 5.20. The van der Waals surface area contributed by atoms with Crippen molar-refractivity contribution in [3.8, 4) is 0 Å². The Morgan fingerprint density at radius 2 is 1.95 bits per heavy atom. The molecule has 0 heterocycles. The molecule has 7 nitrogen and oxygen atoms in total. The first-order valence-corrected chi connectivity index (χ1v) is 6.78. The van der Waals surface area contributed by atoms with Crippen LogP contribution in [0.25, 0.3) is 0 Å². The summed E-state index contributed by atoms with van der Waals surface area (Å²) in [6, 6.07) is -0.332. The van der Waals surface area contributed by atoms with Crippen LogP contribution in [0.5, 0.6) is 0 Å². The Morgan fingerprint density at radius 3 is 2.45 bits per heavy atom. The van der Waals surface area contributed by atoms with E-state index in [1.807, 2.05) is 25.8 Å². The number of amides is 2. The summed E-state index contributed by atoms with van der Waals surface area (Å²) < 4.78 is 4.96. The van der Waals surface area contributed by atoms with Crippen molar-refractivity contribution in [2.75, 3.05) is 53.5 Å². The number of ether oxygens (including phenoxy) is 1. The fraction of sp³-hybridized carbons (Fsp3) is 0.846. The summed E-state index contributed by atoms with van der Waals surface area (Å²) in [5.74, 6) is -0.775. The number of methoxy groups -OCH3 is 1. The van der Waals surface area contributed by atoms with Gasteiger partial charge in [-0.3, -0.25) is 4.79 Å². The van der Waals surface area contributed by atoms with Crippen molar-refractivity contribution < 1.29 is 19.4 Å². The van der Waals surface area contributed by atoms with Crippen LogP contribution in [0, 0.1) is 5.92 Å². The SMILES string of the molecule is COCCN(C)CCNC(=O)N(CC(=O)O)CC(C)C. The molecular formula is C13H27N3O4. The van der Waals surface area contributed by atoms with Crippen molar-refractivity contribution >= 4 is 12.0 Å². The van der Waals surface area contributed by atoms with E-state index in [0.717, 1.165) is 6.54 Å². The third-order valence-electron chi connectivity index (χ3n) is 2.65. The quantitative estimate of drug-likeness (QED) is 0.605. The average Bonchev–Trinajstić information content (AvgIpc) is 2.34. The van der Waals surface area contributed by atoms with Crippen molar-refractivity contribution in [3.05, 3.63) is 0 Å². The van der Waals surface area contributed by atoms with Gasteiger partial charge in [-0.1, -0.05) is 13.8 Å². The number of rotatable bonds is 10. The number of carboxylic acids is 1. The monoisotopic (exact) mass is 289 g/mol. The summed E-state index contributed by atoms with van der Waals surface area (Å²) in [6.45, 7) is 6.65. The van der Waals surface area contributed by atoms with E-state index in [1.165, 1.54) is 4.90 Å². The van der Waals surface area contributed by atoms with E-state index in [-0.39, 0.29) is 18.5 Å². The molecule has 2 N–H and O–H groups in total. The molecule has 0 aliphatic carbocycles. The van der Waals surface area contributed by atoms with Crippen LogP contribution in [-0.2, 0) is 9.53 Å². The second-order valence-electron chi connectivity index (χ2n) is 5.20. The molecule has 2 amide bonds. The van der Waals surface area contributed by atoms with Crippen LogP contribution >= 0.6 is 0 Å². The maximum atomic E-state index is 11.9. The maximum absolute atomic E-state index is 11.9. The second kappa shape index (κ2) is 10.4. The molecule has 0 unspecified atom stereocenters. The van der Waals surface area contributed by atoms with E-state index < -0.39 is 5.97 Å². The Labute approximate surface area is 120 Å². The molecule has 0 spiro atoms. The lowest BCUT2D eigenvalue weighted by Crippen LogP contribution is -2.46. The molecule has 0 aliphatic heterocycles. The van der Waals surface area contributed by atoms with E-state index in [1.54, 1.807) is 7.11 Å². The van der Waals surface area contributed by atoms with E-state index in [4.69, 9.17) is 9.84 Å². The number of carbonyl (C=O) groups is 2. The molecule has 0 saturated carbocycles. The normalized spacial score (nSPS) is 10.9. The zero-order valence-corrected chi connectivity index (χ0v) is 12.9. The van der Waals surface area contributed by atoms with Gasteiger partial charge in [-0.25, -0.2) is 4.79 Å². The summed E-state index contributed by atoms with van der Waals surface area (Å²) in [6.07, 6.45) is 0. The molecule has 0 bridgehead atoms. The summed E-state index contributed by atoms with van der Waals surface area (Å²) >= 11 is 0. The molecule has 0 aromatic carbocycles. The number of hydrogen-bond acceptors (Lipinski definition) is 4. The van der Waals surface area contributed by atoms with Crippen LogP contribution in [0.2, 0.25) is 0 Å². The first kappa shape index (κ1) is 18.7. The van der Waals surface area contributed by atoms with Crippen LogP contribution < -0.4 is 5.32 Å². The van der Waals surface area contributed by atoms with Gasteiger partial charge >= 0.3 is 12.0 Å². The van der Waals surface area contributed by atoms with E-state index in [0.29, 0.717) is 26.2 Å². The lowest BCUT2D eigenvalue weighted by Gasteiger charge is -2.24. The molecular weight excluding hydrogens is 262 g/mol. The van der Waals surface area contributed by atoms with Crippen LogP contribution in [0.3, 0.4) is 0 Å². The number of carboxylic acid groups (broad SMARTS) is 1. The van der Waals surface area contributed by atoms with Gasteiger partial charge in [0, 0.05) is 33.3 Å². The number of nitrogens with one attached hydrogen (secondary N) is 1. The largest absolute Gasteiger partial charge is 0.480 e. The highest BCUT2D eigenvalue weighted by Crippen LogP contribution is 1.99. The van der Waals surface area contributed by atoms with Crippen LogP contribution in [-0.4, -0.2) is 80.4 Å². The van der Waals surface area contributed by atoms with E-state index in [2.05, 4.69) is 5.32 Å². The molecule has 0 fully saturated rings. The molecule has 118 valence electrons. The summed E-state index contributed by atoms with van der Waals surface area (Å²) in [4.78, 5) is 26.0. The van der Waals surface area contributed by atoms with Crippen LogP contribution in [0.1, 0.15) is 13.8 Å². The predicted molar refractivity (Wildman–Crippen MR) is 76.8 cm³/mol. The number of hydrogen-bond donors (Lipinski definition) is 2. The van der Waals surface area contributed by atoms with Crippen molar-refractivity contribution in [2.45, 2.75) is 13.8 Å². The highest BCUT2D eigenvalue weighted by Gasteiger charge is 2.17. The van der Waals surface area contributed by atoms with Gasteiger partial charge in [0.25, 0.3) is 0 Å². The fourth-order valence-electron chi connectivity index (χ4n) is 1.65. The molecule has 20 heavy (non-hydrogen) atoms. The van der Waals surface area contributed by atoms with Gasteiger partial charge in [0.15, 0.2) is 0 Å². The average molecular weight is 289 g/mol. The van der Waals surface area contributed by atoms with Gasteiger partial charge < -0.3 is 25.0 Å². The predicted octanol–water partition coefficient (Wildman–Crippen LogP) is 0.317. The van der Waals surface area contributed by atoms with Gasteiger partial charge in [0.05, 0.1) is 6.61 Å². The van der Waals surface area contributed by atoms with Crippen LogP contribution in [0.4, 0.5) is 4.79 Å². The summed E-state index contributed by atoms with van der Waals surface area (Å²) in [5, 5.41) is 11.6. The minimum Gasteiger partial charge on any atom is -0.480 e. The third kappa shape index (κ3) is 9.57. The lowest BCUT2D eigenvalue weighted by atomic mass is 10.2. The molecule has 0 rings (SSSR count). The van der Waals surface area contributed by atoms with E-state index >= 15 is 0 Å². The fourth-order valence-corrected chi connectivity index (χ4v) is 1.65. The summed E-state index contributed by atoms with van der Waals surface area (Å²) in [7, 11) is 3.58. The Bertz CT molecular complexity index is 297. The molecule has 0 aromatic heterocycles. The first-order valence-electron chi connectivity index (χ1n) is 6.78. The summed E-state index contributed by atoms with van der Waals surface area (Å²) in [5.41, 5.74) is 0. The van der Waals surface area contributed by atoms with Gasteiger partial charge in [-0.15, -0.1) is 0 Å². The Kier molecular flexibility index (Phi) is 9.75. The molecule has 0 aromatic rings. The van der Waals surface area contributed by atoms with Gasteiger partial charge in [-0.2, -0.15) is 0 Å². The molecule has 0 aliphatic rings. The number of carbonyl (C=O) groups excluding carboxylic acids is 1. The number of urea groups is 1. The zero-order chi connectivity index (χ0) is 15.5. The lowest BCUT2D eigenvalue weighted by molar-refractivity contribution is -0.137. The van der Waals surface area contributed by atoms with Gasteiger partial charge in [-0.05, 0) is 13.0 Å². The number of aliphatic carboxylic acids is 1. The topological polar surface area (TPSA) is 82.1 Å². The third-order valence-corrected chi connectivity index (χ3v) is 2.65. The molecule has 0 saturated heterocycles. The highest BCUT2D eigenvalue weighted by atomic mass is 16.5. The first-order chi connectivity index (χ1) is 9.36.